The van der Waals surface area contributed by atoms with E-state index in [1.807, 2.05) is 0 Å². The summed E-state index contributed by atoms with van der Waals surface area (Å²) < 4.78 is 38.9. The van der Waals surface area contributed by atoms with Crippen LogP contribution in [0.25, 0.3) is 0 Å². The zero-order chi connectivity index (χ0) is 13.9. The Labute approximate surface area is 115 Å². The first kappa shape index (κ1) is 14.2. The van der Waals surface area contributed by atoms with Gasteiger partial charge >= 0.3 is 0 Å². The Morgan fingerprint density at radius 3 is 2.37 bits per heavy atom. The van der Waals surface area contributed by atoms with Gasteiger partial charge in [-0.15, -0.1) is 11.3 Å². The topological polar surface area (TPSA) is 54.4 Å². The molecule has 3 nitrogen and oxygen atoms in total. The Kier molecular flexibility index (Phi) is 4.34. The van der Waals surface area contributed by atoms with Gasteiger partial charge in [0.05, 0.1) is 6.61 Å². The number of thiophene rings is 1. The highest BCUT2D eigenvalue weighted by Crippen LogP contribution is 2.31. The number of hydrogen-bond acceptors (Lipinski definition) is 4. The van der Waals surface area contributed by atoms with E-state index in [2.05, 4.69) is 0 Å². The molecule has 0 saturated carbocycles. The molecular weight excluding hydrogens is 287 g/mol. The second-order valence-electron chi connectivity index (χ2n) is 4.01. The van der Waals surface area contributed by atoms with Gasteiger partial charge in [-0.25, -0.2) is 12.8 Å². The van der Waals surface area contributed by atoms with E-state index < -0.39 is 27.9 Å². The Bertz CT molecular complexity index is 609. The number of hydrogen-bond donors (Lipinski definition) is 1. The van der Waals surface area contributed by atoms with Gasteiger partial charge in [0, 0.05) is 0 Å². The fraction of sp³-hybridized carbons (Fsp3) is 0.231. The standard InChI is InChI=1S/C13H13FO3S2/c14-13(10-5-2-1-3-6-10)11(9-15)19(16,17)12-7-4-8-18-12/h1-8,11,13,15H,9H2/t11-,13+/m1/s1. The summed E-state index contributed by atoms with van der Waals surface area (Å²) in [6, 6.07) is 11.0. The number of halogens is 1. The van der Waals surface area contributed by atoms with Gasteiger partial charge in [-0.05, 0) is 17.0 Å². The van der Waals surface area contributed by atoms with Crippen molar-refractivity contribution < 1.29 is 17.9 Å². The summed E-state index contributed by atoms with van der Waals surface area (Å²) >= 11 is 1.02. The quantitative estimate of drug-likeness (QED) is 0.923. The van der Waals surface area contributed by atoms with Crippen LogP contribution in [0.2, 0.25) is 0 Å². The van der Waals surface area contributed by atoms with Crippen LogP contribution in [0.5, 0.6) is 0 Å². The Hall–Kier alpha value is -1.24. The van der Waals surface area contributed by atoms with Gasteiger partial charge in [0.15, 0.2) is 9.84 Å². The van der Waals surface area contributed by atoms with E-state index in [-0.39, 0.29) is 9.77 Å². The average molecular weight is 300 g/mol. The molecule has 2 atom stereocenters. The summed E-state index contributed by atoms with van der Waals surface area (Å²) in [6.07, 6.45) is -1.75. The van der Waals surface area contributed by atoms with E-state index in [4.69, 9.17) is 0 Å². The van der Waals surface area contributed by atoms with E-state index in [1.54, 1.807) is 29.6 Å². The lowest BCUT2D eigenvalue weighted by Crippen LogP contribution is -2.29. The molecule has 6 heteroatoms. The molecule has 0 saturated heterocycles. The van der Waals surface area contributed by atoms with Crippen LogP contribution < -0.4 is 0 Å². The van der Waals surface area contributed by atoms with Crippen molar-refractivity contribution in [2.24, 2.45) is 0 Å². The molecule has 0 fully saturated rings. The minimum atomic E-state index is -3.86. The summed E-state index contributed by atoms with van der Waals surface area (Å²) in [4.78, 5) is 0. The molecule has 102 valence electrons. The number of aliphatic hydroxyl groups excluding tert-OH is 1. The smallest absolute Gasteiger partial charge is 0.196 e. The van der Waals surface area contributed by atoms with Gasteiger partial charge in [0.25, 0.3) is 0 Å². The highest BCUT2D eigenvalue weighted by Gasteiger charge is 2.36. The van der Waals surface area contributed by atoms with Crippen molar-refractivity contribution in [3.8, 4) is 0 Å². The Morgan fingerprint density at radius 2 is 1.84 bits per heavy atom. The molecule has 0 spiro atoms. The summed E-state index contributed by atoms with van der Waals surface area (Å²) in [5, 5.41) is 9.41. The predicted molar refractivity (Wildman–Crippen MR) is 72.7 cm³/mol. The molecular formula is C13H13FO3S2. The molecule has 0 bridgehead atoms. The lowest BCUT2D eigenvalue weighted by Gasteiger charge is -2.18. The maximum atomic E-state index is 14.4. The SMILES string of the molecule is O=S(=O)(c1cccs1)[C@H](CO)[C@@H](F)c1ccccc1. The number of sulfone groups is 1. The van der Waals surface area contributed by atoms with Crippen LogP contribution >= 0.6 is 11.3 Å². The molecule has 0 radical (unpaired) electrons. The monoisotopic (exact) mass is 300 g/mol. The van der Waals surface area contributed by atoms with Crippen molar-refractivity contribution in [2.45, 2.75) is 15.6 Å². The molecule has 0 aliphatic rings. The molecule has 1 N–H and O–H groups in total. The first-order chi connectivity index (χ1) is 9.07. The first-order valence-corrected chi connectivity index (χ1v) is 8.07. The van der Waals surface area contributed by atoms with Crippen LogP contribution in [0.15, 0.2) is 52.1 Å². The van der Waals surface area contributed by atoms with Gasteiger partial charge in [0.1, 0.15) is 15.6 Å². The number of alkyl halides is 1. The van der Waals surface area contributed by atoms with Crippen LogP contribution in [-0.4, -0.2) is 25.4 Å². The summed E-state index contributed by atoms with van der Waals surface area (Å²) in [5.74, 6) is 0. The number of benzene rings is 1. The normalized spacial score (nSPS) is 15.1. The van der Waals surface area contributed by atoms with Gasteiger partial charge in [-0.3, -0.25) is 0 Å². The number of aliphatic hydroxyl groups is 1. The zero-order valence-electron chi connectivity index (χ0n) is 9.94. The van der Waals surface area contributed by atoms with E-state index in [0.29, 0.717) is 0 Å². The third-order valence-corrected chi connectivity index (χ3v) is 6.33. The second-order valence-corrected chi connectivity index (χ2v) is 7.35. The van der Waals surface area contributed by atoms with Crippen molar-refractivity contribution in [1.29, 1.82) is 0 Å². The van der Waals surface area contributed by atoms with Crippen molar-refractivity contribution in [3.63, 3.8) is 0 Å². The van der Waals surface area contributed by atoms with Crippen molar-refractivity contribution >= 4 is 21.2 Å². The highest BCUT2D eigenvalue weighted by atomic mass is 32.2. The molecule has 0 aliphatic carbocycles. The van der Waals surface area contributed by atoms with E-state index >= 15 is 0 Å². The van der Waals surface area contributed by atoms with Gasteiger partial charge in [-0.2, -0.15) is 0 Å². The van der Waals surface area contributed by atoms with Crippen molar-refractivity contribution in [2.75, 3.05) is 6.61 Å². The number of rotatable bonds is 5. The average Bonchev–Trinajstić information content (AvgIpc) is 2.95. The van der Waals surface area contributed by atoms with Crippen LogP contribution in [0.4, 0.5) is 4.39 Å². The molecule has 1 aromatic carbocycles. The third-order valence-electron chi connectivity index (χ3n) is 2.80. The van der Waals surface area contributed by atoms with E-state index in [0.717, 1.165) is 11.3 Å². The van der Waals surface area contributed by atoms with E-state index in [1.165, 1.54) is 18.2 Å². The van der Waals surface area contributed by atoms with Crippen molar-refractivity contribution in [3.05, 3.63) is 53.4 Å². The Morgan fingerprint density at radius 1 is 1.16 bits per heavy atom. The summed E-state index contributed by atoms with van der Waals surface area (Å²) in [7, 11) is -3.86. The summed E-state index contributed by atoms with van der Waals surface area (Å²) in [5.41, 5.74) is 0.252. The lowest BCUT2D eigenvalue weighted by atomic mass is 10.1. The molecule has 2 aromatic rings. The van der Waals surface area contributed by atoms with E-state index in [9.17, 15) is 17.9 Å². The zero-order valence-corrected chi connectivity index (χ0v) is 11.6. The minimum Gasteiger partial charge on any atom is -0.395 e. The molecule has 2 rings (SSSR count). The molecule has 1 aromatic heterocycles. The molecule has 0 unspecified atom stereocenters. The van der Waals surface area contributed by atoms with Crippen LogP contribution in [0.3, 0.4) is 0 Å². The summed E-state index contributed by atoms with van der Waals surface area (Å²) in [6.45, 7) is -0.754. The van der Waals surface area contributed by atoms with Crippen LogP contribution in [0, 0.1) is 0 Å². The molecule has 0 aliphatic heterocycles. The Balaban J connectivity index is 2.36. The highest BCUT2D eigenvalue weighted by molar-refractivity contribution is 7.94. The molecule has 19 heavy (non-hydrogen) atoms. The molecule has 0 amide bonds. The lowest BCUT2D eigenvalue weighted by molar-refractivity contribution is 0.225. The fourth-order valence-electron chi connectivity index (χ4n) is 1.77. The van der Waals surface area contributed by atoms with Crippen molar-refractivity contribution in [1.82, 2.24) is 0 Å². The maximum Gasteiger partial charge on any atom is 0.196 e. The van der Waals surface area contributed by atoms with Gasteiger partial charge in [0.2, 0.25) is 0 Å². The fourth-order valence-corrected chi connectivity index (χ4v) is 4.53. The third kappa shape index (κ3) is 2.86. The molecule has 1 heterocycles. The maximum absolute atomic E-state index is 14.4. The largest absolute Gasteiger partial charge is 0.395 e. The van der Waals surface area contributed by atoms with Gasteiger partial charge < -0.3 is 5.11 Å². The minimum absolute atomic E-state index is 0.0742. The van der Waals surface area contributed by atoms with Crippen LogP contribution in [0.1, 0.15) is 11.7 Å². The van der Waals surface area contributed by atoms with Crippen LogP contribution in [-0.2, 0) is 9.84 Å². The van der Waals surface area contributed by atoms with Gasteiger partial charge in [-0.1, -0.05) is 36.4 Å². The first-order valence-electron chi connectivity index (χ1n) is 5.64. The second kappa shape index (κ2) is 5.81. The predicted octanol–water partition coefficient (Wildman–Crippen LogP) is 2.59.